The standard InChI is InChI=1S/C16H13NOS/c1-2-11-7-9-19-16(11)15(18)13-5-3-4-12-6-8-17-10-14(12)13/h3-10H,2H2,1H3. The van der Waals surface area contributed by atoms with Gasteiger partial charge in [-0.05, 0) is 34.9 Å². The lowest BCUT2D eigenvalue weighted by molar-refractivity contribution is 0.104. The number of ketones is 1. The molecule has 0 aliphatic rings. The summed E-state index contributed by atoms with van der Waals surface area (Å²) in [5.41, 5.74) is 1.86. The van der Waals surface area contributed by atoms with Crippen LogP contribution < -0.4 is 0 Å². The Morgan fingerprint density at radius 2 is 2.16 bits per heavy atom. The van der Waals surface area contributed by atoms with Crippen LogP contribution in [0.3, 0.4) is 0 Å². The van der Waals surface area contributed by atoms with Gasteiger partial charge in [0.25, 0.3) is 0 Å². The molecule has 0 saturated heterocycles. The van der Waals surface area contributed by atoms with Gasteiger partial charge < -0.3 is 0 Å². The zero-order valence-electron chi connectivity index (χ0n) is 10.6. The van der Waals surface area contributed by atoms with E-state index in [-0.39, 0.29) is 5.78 Å². The van der Waals surface area contributed by atoms with Crippen molar-refractivity contribution in [3.8, 4) is 0 Å². The predicted molar refractivity (Wildman–Crippen MR) is 78.9 cm³/mol. The van der Waals surface area contributed by atoms with Gasteiger partial charge in [0.2, 0.25) is 5.78 Å². The number of aromatic nitrogens is 1. The fraction of sp³-hybridized carbons (Fsp3) is 0.125. The summed E-state index contributed by atoms with van der Waals surface area (Å²) in [5, 5.41) is 3.95. The lowest BCUT2D eigenvalue weighted by Crippen LogP contribution is -2.02. The number of hydrogen-bond donors (Lipinski definition) is 0. The van der Waals surface area contributed by atoms with Crippen molar-refractivity contribution in [2.24, 2.45) is 0 Å². The van der Waals surface area contributed by atoms with Crippen LogP contribution in [0.15, 0.2) is 48.1 Å². The number of thiophene rings is 1. The number of aryl methyl sites for hydroxylation is 1. The average molecular weight is 267 g/mol. The molecule has 0 N–H and O–H groups in total. The zero-order chi connectivity index (χ0) is 13.2. The molecule has 0 spiro atoms. The van der Waals surface area contributed by atoms with E-state index >= 15 is 0 Å². The van der Waals surface area contributed by atoms with Gasteiger partial charge in [-0.3, -0.25) is 9.78 Å². The molecule has 0 unspecified atom stereocenters. The molecule has 3 aromatic rings. The molecule has 19 heavy (non-hydrogen) atoms. The SMILES string of the molecule is CCc1ccsc1C(=O)c1cccc2ccncc12. The quantitative estimate of drug-likeness (QED) is 0.669. The molecule has 0 saturated carbocycles. The number of carbonyl (C=O) groups excluding carboxylic acids is 1. The molecule has 2 aromatic heterocycles. The summed E-state index contributed by atoms with van der Waals surface area (Å²) in [6.45, 7) is 2.07. The van der Waals surface area contributed by atoms with E-state index in [9.17, 15) is 4.79 Å². The molecular formula is C16H13NOS. The third kappa shape index (κ3) is 2.06. The minimum Gasteiger partial charge on any atom is -0.288 e. The molecule has 2 heterocycles. The average Bonchev–Trinajstić information content (AvgIpc) is 2.94. The van der Waals surface area contributed by atoms with E-state index in [0.717, 1.165) is 33.2 Å². The second kappa shape index (κ2) is 4.94. The van der Waals surface area contributed by atoms with Crippen molar-refractivity contribution in [3.05, 3.63) is 64.1 Å². The van der Waals surface area contributed by atoms with Crippen LogP contribution in [0, 0.1) is 0 Å². The first-order valence-electron chi connectivity index (χ1n) is 6.25. The number of carbonyl (C=O) groups is 1. The van der Waals surface area contributed by atoms with Gasteiger partial charge in [0, 0.05) is 23.3 Å². The summed E-state index contributed by atoms with van der Waals surface area (Å²) in [6, 6.07) is 9.77. The molecule has 0 aliphatic carbocycles. The molecular weight excluding hydrogens is 254 g/mol. The molecule has 3 heteroatoms. The Morgan fingerprint density at radius 1 is 1.26 bits per heavy atom. The Morgan fingerprint density at radius 3 is 3.00 bits per heavy atom. The van der Waals surface area contributed by atoms with Crippen LogP contribution in [-0.4, -0.2) is 10.8 Å². The van der Waals surface area contributed by atoms with Crippen LogP contribution in [0.4, 0.5) is 0 Å². The Labute approximate surface area is 115 Å². The third-order valence-corrected chi connectivity index (χ3v) is 4.22. The summed E-state index contributed by atoms with van der Waals surface area (Å²) >= 11 is 1.52. The molecule has 3 rings (SSSR count). The number of hydrogen-bond acceptors (Lipinski definition) is 3. The van der Waals surface area contributed by atoms with Crippen molar-refractivity contribution in [2.75, 3.05) is 0 Å². The van der Waals surface area contributed by atoms with Gasteiger partial charge in [0.15, 0.2) is 0 Å². The van der Waals surface area contributed by atoms with Gasteiger partial charge in [-0.25, -0.2) is 0 Å². The van der Waals surface area contributed by atoms with Crippen LogP contribution in [0.5, 0.6) is 0 Å². The van der Waals surface area contributed by atoms with E-state index in [2.05, 4.69) is 11.9 Å². The van der Waals surface area contributed by atoms with Crippen LogP contribution in [0.2, 0.25) is 0 Å². The zero-order valence-corrected chi connectivity index (χ0v) is 11.4. The lowest BCUT2D eigenvalue weighted by atomic mass is 10.0. The molecule has 94 valence electrons. The molecule has 0 amide bonds. The van der Waals surface area contributed by atoms with Gasteiger partial charge in [-0.2, -0.15) is 0 Å². The molecule has 0 fully saturated rings. The highest BCUT2D eigenvalue weighted by Gasteiger charge is 2.16. The fourth-order valence-corrected chi connectivity index (χ4v) is 3.20. The van der Waals surface area contributed by atoms with Crippen LogP contribution in [-0.2, 0) is 6.42 Å². The van der Waals surface area contributed by atoms with Crippen molar-refractivity contribution in [1.82, 2.24) is 4.98 Å². The molecule has 0 radical (unpaired) electrons. The highest BCUT2D eigenvalue weighted by Crippen LogP contribution is 2.25. The second-order valence-electron chi connectivity index (χ2n) is 4.36. The van der Waals surface area contributed by atoms with E-state index in [1.807, 2.05) is 35.7 Å². The number of benzene rings is 1. The highest BCUT2D eigenvalue weighted by atomic mass is 32.1. The Kier molecular flexibility index (Phi) is 3.13. The van der Waals surface area contributed by atoms with E-state index < -0.39 is 0 Å². The minimum absolute atomic E-state index is 0.102. The van der Waals surface area contributed by atoms with Crippen molar-refractivity contribution < 1.29 is 4.79 Å². The van der Waals surface area contributed by atoms with E-state index in [1.165, 1.54) is 11.3 Å². The van der Waals surface area contributed by atoms with Crippen LogP contribution in [0.1, 0.15) is 27.7 Å². The number of rotatable bonds is 3. The first kappa shape index (κ1) is 12.1. The largest absolute Gasteiger partial charge is 0.288 e. The maximum Gasteiger partial charge on any atom is 0.203 e. The number of pyridine rings is 1. The predicted octanol–water partition coefficient (Wildman–Crippen LogP) is 4.09. The third-order valence-electron chi connectivity index (χ3n) is 3.26. The summed E-state index contributed by atoms with van der Waals surface area (Å²) in [7, 11) is 0. The second-order valence-corrected chi connectivity index (χ2v) is 5.28. The Bertz CT molecular complexity index is 740. The molecule has 0 atom stereocenters. The summed E-state index contributed by atoms with van der Waals surface area (Å²) in [4.78, 5) is 17.7. The number of nitrogens with zero attached hydrogens (tertiary/aromatic N) is 1. The van der Waals surface area contributed by atoms with E-state index in [0.29, 0.717) is 0 Å². The molecule has 0 bridgehead atoms. The summed E-state index contributed by atoms with van der Waals surface area (Å²) in [6.07, 6.45) is 4.40. The summed E-state index contributed by atoms with van der Waals surface area (Å²) in [5.74, 6) is 0.102. The molecule has 0 aliphatic heterocycles. The summed E-state index contributed by atoms with van der Waals surface area (Å²) < 4.78 is 0. The Balaban J connectivity index is 2.17. The van der Waals surface area contributed by atoms with Crippen molar-refractivity contribution >= 4 is 27.9 Å². The fourth-order valence-electron chi connectivity index (χ4n) is 2.25. The van der Waals surface area contributed by atoms with Gasteiger partial charge in [-0.15, -0.1) is 11.3 Å². The monoisotopic (exact) mass is 267 g/mol. The van der Waals surface area contributed by atoms with E-state index in [1.54, 1.807) is 12.4 Å². The van der Waals surface area contributed by atoms with Crippen LogP contribution >= 0.6 is 11.3 Å². The highest BCUT2D eigenvalue weighted by molar-refractivity contribution is 7.12. The number of fused-ring (bicyclic) bond motifs is 1. The van der Waals surface area contributed by atoms with E-state index in [4.69, 9.17) is 0 Å². The first-order chi connectivity index (χ1) is 9.31. The van der Waals surface area contributed by atoms with Crippen LogP contribution in [0.25, 0.3) is 10.8 Å². The van der Waals surface area contributed by atoms with Gasteiger partial charge >= 0.3 is 0 Å². The molecule has 2 nitrogen and oxygen atoms in total. The maximum absolute atomic E-state index is 12.7. The first-order valence-corrected chi connectivity index (χ1v) is 7.13. The lowest BCUT2D eigenvalue weighted by Gasteiger charge is -2.05. The smallest absolute Gasteiger partial charge is 0.203 e. The topological polar surface area (TPSA) is 30.0 Å². The molecule has 1 aromatic carbocycles. The van der Waals surface area contributed by atoms with Crippen molar-refractivity contribution in [3.63, 3.8) is 0 Å². The van der Waals surface area contributed by atoms with Crippen molar-refractivity contribution in [2.45, 2.75) is 13.3 Å². The van der Waals surface area contributed by atoms with Gasteiger partial charge in [-0.1, -0.05) is 25.1 Å². The van der Waals surface area contributed by atoms with Gasteiger partial charge in [0.05, 0.1) is 4.88 Å². The maximum atomic E-state index is 12.7. The Hall–Kier alpha value is -2.00. The van der Waals surface area contributed by atoms with Gasteiger partial charge in [0.1, 0.15) is 0 Å². The normalized spacial score (nSPS) is 10.8. The van der Waals surface area contributed by atoms with Crippen molar-refractivity contribution in [1.29, 1.82) is 0 Å². The minimum atomic E-state index is 0.102.